The standard InChI is InChI=1S/C33H33F3N2O4/c1-32(2,3)23-10-6-21(7-11-23)27-20-28(22-8-14-26(15-9-22)42-19-5-18-33(34,35)36)38-31(40)29(27)30(39)37-24-12-16-25(41-4)17-13-24/h6-17,20H,5,18-19H2,1-4H3,(H,37,39)(H,38,40). The van der Waals surface area contributed by atoms with Gasteiger partial charge in [-0.15, -0.1) is 0 Å². The van der Waals surface area contributed by atoms with Crippen LogP contribution in [0.4, 0.5) is 18.9 Å². The molecule has 0 aliphatic heterocycles. The third-order valence-electron chi connectivity index (χ3n) is 6.71. The maximum absolute atomic E-state index is 13.4. The Hall–Kier alpha value is -4.53. The van der Waals surface area contributed by atoms with Crippen LogP contribution in [0, 0.1) is 0 Å². The third-order valence-corrected chi connectivity index (χ3v) is 6.71. The molecule has 0 aliphatic rings. The van der Waals surface area contributed by atoms with Gasteiger partial charge in [0.2, 0.25) is 0 Å². The number of halogens is 3. The van der Waals surface area contributed by atoms with E-state index in [1.807, 2.05) is 24.3 Å². The highest BCUT2D eigenvalue weighted by Gasteiger charge is 2.26. The van der Waals surface area contributed by atoms with E-state index in [-0.39, 0.29) is 24.0 Å². The first-order valence-corrected chi connectivity index (χ1v) is 13.5. The number of nitrogens with one attached hydrogen (secondary N) is 2. The van der Waals surface area contributed by atoms with Gasteiger partial charge in [0.05, 0.1) is 13.7 Å². The highest BCUT2D eigenvalue weighted by Crippen LogP contribution is 2.31. The highest BCUT2D eigenvalue weighted by atomic mass is 19.4. The third kappa shape index (κ3) is 7.81. The summed E-state index contributed by atoms with van der Waals surface area (Å²) in [6, 6.07) is 22.9. The fraction of sp³-hybridized carbons (Fsp3) is 0.273. The Morgan fingerprint density at radius 2 is 1.45 bits per heavy atom. The van der Waals surface area contributed by atoms with Crippen LogP contribution in [-0.2, 0) is 5.41 Å². The number of ether oxygens (including phenoxy) is 2. The van der Waals surface area contributed by atoms with Crippen molar-refractivity contribution in [2.24, 2.45) is 0 Å². The summed E-state index contributed by atoms with van der Waals surface area (Å²) in [7, 11) is 1.55. The lowest BCUT2D eigenvalue weighted by Gasteiger charge is -2.19. The van der Waals surface area contributed by atoms with Gasteiger partial charge >= 0.3 is 6.18 Å². The first-order valence-electron chi connectivity index (χ1n) is 13.5. The van der Waals surface area contributed by atoms with E-state index in [2.05, 4.69) is 31.1 Å². The predicted molar refractivity (Wildman–Crippen MR) is 158 cm³/mol. The van der Waals surface area contributed by atoms with Gasteiger partial charge in [0.25, 0.3) is 11.5 Å². The number of pyridine rings is 1. The Morgan fingerprint density at radius 3 is 2.02 bits per heavy atom. The molecule has 2 N–H and O–H groups in total. The van der Waals surface area contributed by atoms with Crippen LogP contribution in [-0.4, -0.2) is 30.8 Å². The molecule has 0 radical (unpaired) electrons. The van der Waals surface area contributed by atoms with E-state index in [1.54, 1.807) is 61.7 Å². The van der Waals surface area contributed by atoms with Crippen molar-refractivity contribution >= 4 is 11.6 Å². The Bertz CT molecular complexity index is 1570. The predicted octanol–water partition coefficient (Wildman–Crippen LogP) is 7.99. The van der Waals surface area contributed by atoms with Crippen LogP contribution in [0.5, 0.6) is 11.5 Å². The summed E-state index contributed by atoms with van der Waals surface area (Å²) in [4.78, 5) is 29.7. The maximum Gasteiger partial charge on any atom is 0.389 e. The molecular formula is C33H33F3N2O4. The number of amides is 1. The molecule has 4 aromatic rings. The Balaban J connectivity index is 1.67. The molecular weight excluding hydrogens is 545 g/mol. The van der Waals surface area contributed by atoms with Crippen LogP contribution in [0.3, 0.4) is 0 Å². The summed E-state index contributed by atoms with van der Waals surface area (Å²) in [6.45, 7) is 6.24. The normalized spacial score (nSPS) is 11.7. The largest absolute Gasteiger partial charge is 0.497 e. The Labute approximate surface area is 242 Å². The zero-order valence-electron chi connectivity index (χ0n) is 23.9. The molecule has 42 heavy (non-hydrogen) atoms. The summed E-state index contributed by atoms with van der Waals surface area (Å²) in [5.74, 6) is 0.481. The van der Waals surface area contributed by atoms with Gasteiger partial charge in [0, 0.05) is 23.4 Å². The van der Waals surface area contributed by atoms with Gasteiger partial charge in [-0.3, -0.25) is 9.59 Å². The summed E-state index contributed by atoms with van der Waals surface area (Å²) in [6.07, 6.45) is -5.28. The van der Waals surface area contributed by atoms with Crippen molar-refractivity contribution in [2.45, 2.75) is 45.2 Å². The lowest BCUT2D eigenvalue weighted by molar-refractivity contribution is -0.136. The lowest BCUT2D eigenvalue weighted by Crippen LogP contribution is -2.25. The van der Waals surface area contributed by atoms with Crippen molar-refractivity contribution < 1.29 is 27.4 Å². The molecule has 3 aromatic carbocycles. The molecule has 9 heteroatoms. The van der Waals surface area contributed by atoms with Crippen molar-refractivity contribution in [3.63, 3.8) is 0 Å². The summed E-state index contributed by atoms with van der Waals surface area (Å²) >= 11 is 0. The van der Waals surface area contributed by atoms with Crippen LogP contribution in [0.1, 0.15) is 49.5 Å². The van der Waals surface area contributed by atoms with Crippen molar-refractivity contribution in [1.29, 1.82) is 0 Å². The zero-order chi connectivity index (χ0) is 30.5. The van der Waals surface area contributed by atoms with Gasteiger partial charge in [-0.25, -0.2) is 0 Å². The maximum atomic E-state index is 13.4. The van der Waals surface area contributed by atoms with Gasteiger partial charge in [-0.1, -0.05) is 45.0 Å². The molecule has 0 bridgehead atoms. The number of aromatic nitrogens is 1. The zero-order valence-corrected chi connectivity index (χ0v) is 23.9. The second kappa shape index (κ2) is 12.5. The molecule has 0 atom stereocenters. The second-order valence-corrected chi connectivity index (χ2v) is 10.9. The molecule has 6 nitrogen and oxygen atoms in total. The summed E-state index contributed by atoms with van der Waals surface area (Å²) in [5, 5.41) is 2.80. The number of aromatic amines is 1. The topological polar surface area (TPSA) is 80.4 Å². The van der Waals surface area contributed by atoms with Crippen molar-refractivity contribution in [3.8, 4) is 33.9 Å². The van der Waals surface area contributed by atoms with E-state index in [9.17, 15) is 22.8 Å². The molecule has 0 unspecified atom stereocenters. The van der Waals surface area contributed by atoms with E-state index in [0.29, 0.717) is 39.6 Å². The molecule has 0 fully saturated rings. The molecule has 0 spiro atoms. The van der Waals surface area contributed by atoms with Gasteiger partial charge in [-0.2, -0.15) is 13.2 Å². The van der Waals surface area contributed by atoms with E-state index < -0.39 is 24.1 Å². The van der Waals surface area contributed by atoms with Crippen LogP contribution < -0.4 is 20.3 Å². The second-order valence-electron chi connectivity index (χ2n) is 10.9. The summed E-state index contributed by atoms with van der Waals surface area (Å²) in [5.41, 5.74) is 3.18. The number of anilines is 1. The average Bonchev–Trinajstić information content (AvgIpc) is 2.94. The number of alkyl halides is 3. The smallest absolute Gasteiger partial charge is 0.389 e. The van der Waals surface area contributed by atoms with E-state index in [4.69, 9.17) is 9.47 Å². The van der Waals surface area contributed by atoms with Gasteiger partial charge in [0.15, 0.2) is 0 Å². The fourth-order valence-corrected chi connectivity index (χ4v) is 4.38. The number of H-pyrrole nitrogens is 1. The molecule has 0 saturated heterocycles. The fourth-order valence-electron chi connectivity index (χ4n) is 4.38. The molecule has 0 saturated carbocycles. The van der Waals surface area contributed by atoms with Crippen LogP contribution in [0.15, 0.2) is 83.7 Å². The molecule has 1 aromatic heterocycles. The molecule has 1 amide bonds. The first kappa shape index (κ1) is 30.4. The minimum absolute atomic E-state index is 0.0392. The Morgan fingerprint density at radius 1 is 0.857 bits per heavy atom. The number of rotatable bonds is 9. The quantitative estimate of drug-likeness (QED) is 0.197. The number of hydrogen-bond donors (Lipinski definition) is 2. The average molecular weight is 579 g/mol. The number of carbonyl (C=O) groups excluding carboxylic acids is 1. The van der Waals surface area contributed by atoms with Crippen molar-refractivity contribution in [1.82, 2.24) is 4.98 Å². The number of methoxy groups -OCH3 is 1. The van der Waals surface area contributed by atoms with E-state index in [0.717, 1.165) is 5.56 Å². The molecule has 1 heterocycles. The number of benzene rings is 3. The van der Waals surface area contributed by atoms with Crippen LogP contribution in [0.25, 0.3) is 22.4 Å². The number of carbonyl (C=O) groups is 1. The lowest BCUT2D eigenvalue weighted by atomic mass is 9.86. The van der Waals surface area contributed by atoms with Crippen molar-refractivity contribution in [2.75, 3.05) is 19.0 Å². The minimum Gasteiger partial charge on any atom is -0.497 e. The van der Waals surface area contributed by atoms with E-state index in [1.165, 1.54) is 0 Å². The van der Waals surface area contributed by atoms with Crippen molar-refractivity contribution in [3.05, 3.63) is 100 Å². The molecule has 220 valence electrons. The minimum atomic E-state index is -4.22. The summed E-state index contributed by atoms with van der Waals surface area (Å²) < 4.78 is 47.8. The van der Waals surface area contributed by atoms with Crippen LogP contribution in [0.2, 0.25) is 0 Å². The van der Waals surface area contributed by atoms with Gasteiger partial charge in [-0.05, 0) is 83.1 Å². The monoisotopic (exact) mass is 578 g/mol. The van der Waals surface area contributed by atoms with Gasteiger partial charge < -0.3 is 19.8 Å². The first-order chi connectivity index (χ1) is 19.8. The van der Waals surface area contributed by atoms with E-state index >= 15 is 0 Å². The number of hydrogen-bond acceptors (Lipinski definition) is 4. The Kier molecular flexibility index (Phi) is 9.09. The highest BCUT2D eigenvalue weighted by molar-refractivity contribution is 6.08. The van der Waals surface area contributed by atoms with Gasteiger partial charge in [0.1, 0.15) is 17.1 Å². The molecule has 4 rings (SSSR count). The van der Waals surface area contributed by atoms with Crippen LogP contribution >= 0.6 is 0 Å². The molecule has 0 aliphatic carbocycles. The SMILES string of the molecule is COc1ccc(NC(=O)c2c(-c3ccc(C(C)(C)C)cc3)cc(-c3ccc(OCCCC(F)(F)F)cc3)[nH]c2=O)cc1.